The summed E-state index contributed by atoms with van der Waals surface area (Å²) >= 11 is 0. The number of morpholine rings is 1. The van der Waals surface area contributed by atoms with E-state index in [4.69, 9.17) is 15.9 Å². The number of rotatable bonds is 9. The number of benzene rings is 1. The number of ketones is 1. The van der Waals surface area contributed by atoms with Crippen LogP contribution in [0.15, 0.2) is 36.7 Å². The van der Waals surface area contributed by atoms with Crippen LogP contribution in [0.2, 0.25) is 0 Å². The zero-order chi connectivity index (χ0) is 20.6. The summed E-state index contributed by atoms with van der Waals surface area (Å²) < 4.78 is 5.73. The summed E-state index contributed by atoms with van der Waals surface area (Å²) in [6, 6.07) is 7.99. The Bertz CT molecular complexity index is 839. The Morgan fingerprint density at radius 1 is 1.34 bits per heavy atom. The second-order valence-corrected chi connectivity index (χ2v) is 7.37. The first-order valence-corrected chi connectivity index (χ1v) is 9.79. The molecule has 0 saturated carbocycles. The van der Waals surface area contributed by atoms with Crippen molar-refractivity contribution in [3.63, 3.8) is 0 Å². The Balaban J connectivity index is 1.55. The number of amidine groups is 1. The summed E-state index contributed by atoms with van der Waals surface area (Å²) in [5.74, 6) is 0.475. The van der Waals surface area contributed by atoms with Crippen molar-refractivity contribution in [2.45, 2.75) is 25.4 Å². The van der Waals surface area contributed by atoms with E-state index in [2.05, 4.69) is 27.2 Å². The van der Waals surface area contributed by atoms with Gasteiger partial charge < -0.3 is 20.7 Å². The van der Waals surface area contributed by atoms with Crippen LogP contribution in [0.1, 0.15) is 18.4 Å². The molecule has 4 N–H and O–H groups in total. The van der Waals surface area contributed by atoms with Crippen molar-refractivity contribution in [2.75, 3.05) is 38.6 Å². The molecule has 8 nitrogen and oxygen atoms in total. The predicted octanol–water partition coefficient (Wildman–Crippen LogP) is 1.71. The zero-order valence-corrected chi connectivity index (χ0v) is 16.7. The molecule has 2 heterocycles. The number of hydrogen-bond acceptors (Lipinski definition) is 7. The maximum atomic E-state index is 11.8. The topological polar surface area (TPSA) is 117 Å². The normalized spacial score (nSPS) is 17.1. The molecule has 1 aromatic heterocycles. The molecular formula is C21H28N6O2. The van der Waals surface area contributed by atoms with Gasteiger partial charge >= 0.3 is 0 Å². The summed E-state index contributed by atoms with van der Waals surface area (Å²) in [5, 5.41) is 10.4. The third kappa shape index (κ3) is 6.62. The van der Waals surface area contributed by atoms with Crippen LogP contribution in [-0.2, 0) is 16.0 Å². The second-order valence-electron chi connectivity index (χ2n) is 7.37. The van der Waals surface area contributed by atoms with Gasteiger partial charge in [-0.1, -0.05) is 24.3 Å². The molecule has 1 saturated heterocycles. The molecule has 29 heavy (non-hydrogen) atoms. The van der Waals surface area contributed by atoms with Gasteiger partial charge in [-0.25, -0.2) is 9.97 Å². The lowest BCUT2D eigenvalue weighted by atomic mass is 10.0. The third-order valence-electron chi connectivity index (χ3n) is 4.82. The highest BCUT2D eigenvalue weighted by atomic mass is 16.5. The number of nitrogens with zero attached hydrogens (tertiary/aromatic N) is 3. The summed E-state index contributed by atoms with van der Waals surface area (Å²) in [7, 11) is 2.09. The maximum Gasteiger partial charge on any atom is 0.222 e. The number of carbonyl (C=O) groups is 1. The Hall–Kier alpha value is -2.84. The molecule has 1 atom stereocenters. The molecule has 2 aromatic rings. The maximum absolute atomic E-state index is 11.8. The van der Waals surface area contributed by atoms with Gasteiger partial charge in [-0.15, -0.1) is 0 Å². The molecule has 0 amide bonds. The van der Waals surface area contributed by atoms with Crippen LogP contribution in [0, 0.1) is 5.41 Å². The number of nitrogens with two attached hydrogens (primary N) is 1. The number of Topliss-reactive ketones (excluding diaryl/α,β-unsaturated/α-hetero) is 1. The first-order valence-electron chi connectivity index (χ1n) is 9.79. The summed E-state index contributed by atoms with van der Waals surface area (Å²) in [6.45, 7) is 3.28. The van der Waals surface area contributed by atoms with E-state index in [-0.39, 0.29) is 24.1 Å². The fraction of sp³-hybridized carbons (Fsp3) is 0.429. The van der Waals surface area contributed by atoms with Gasteiger partial charge in [-0.2, -0.15) is 0 Å². The Morgan fingerprint density at radius 3 is 2.86 bits per heavy atom. The van der Waals surface area contributed by atoms with Crippen LogP contribution in [0.3, 0.4) is 0 Å². The van der Waals surface area contributed by atoms with Gasteiger partial charge in [0.15, 0.2) is 0 Å². The Morgan fingerprint density at radius 2 is 2.14 bits per heavy atom. The van der Waals surface area contributed by atoms with Crippen molar-refractivity contribution < 1.29 is 9.53 Å². The summed E-state index contributed by atoms with van der Waals surface area (Å²) in [6.07, 6.45) is 4.74. The van der Waals surface area contributed by atoms with Crippen LogP contribution in [0.4, 0.5) is 5.95 Å². The lowest BCUT2D eigenvalue weighted by Crippen LogP contribution is -2.43. The molecule has 0 radical (unpaired) electrons. The number of nitrogens with one attached hydrogen (secondary N) is 2. The van der Waals surface area contributed by atoms with E-state index < -0.39 is 0 Å². The molecule has 1 aromatic carbocycles. The smallest absolute Gasteiger partial charge is 0.222 e. The molecule has 154 valence electrons. The SMILES string of the molecule is CN1CCOC(CNc2ncc(-c3cccc(CCC(=O)CC(=N)N)c3)cn2)C1. The Labute approximate surface area is 171 Å². The quantitative estimate of drug-likeness (QED) is 0.436. The molecule has 1 unspecified atom stereocenters. The average molecular weight is 396 g/mol. The number of hydrogen-bond donors (Lipinski definition) is 3. The summed E-state index contributed by atoms with van der Waals surface area (Å²) in [4.78, 5) is 22.8. The highest BCUT2D eigenvalue weighted by molar-refractivity contribution is 5.98. The van der Waals surface area contributed by atoms with Crippen LogP contribution < -0.4 is 11.1 Å². The second kappa shape index (κ2) is 10.1. The van der Waals surface area contributed by atoms with Gasteiger partial charge in [0.25, 0.3) is 0 Å². The number of anilines is 1. The third-order valence-corrected chi connectivity index (χ3v) is 4.82. The first kappa shape index (κ1) is 20.9. The van der Waals surface area contributed by atoms with Crippen LogP contribution >= 0.6 is 0 Å². The fourth-order valence-electron chi connectivity index (χ4n) is 3.25. The van der Waals surface area contributed by atoms with Gasteiger partial charge in [0.2, 0.25) is 5.95 Å². The van der Waals surface area contributed by atoms with Crippen molar-refractivity contribution in [2.24, 2.45) is 5.73 Å². The van der Waals surface area contributed by atoms with E-state index in [1.54, 1.807) is 12.4 Å². The molecule has 8 heteroatoms. The van der Waals surface area contributed by atoms with E-state index in [1.807, 2.05) is 24.3 Å². The number of ether oxygens (including phenoxy) is 1. The van der Waals surface area contributed by atoms with Crippen molar-refractivity contribution in [1.29, 1.82) is 5.41 Å². The van der Waals surface area contributed by atoms with Gasteiger partial charge in [0.05, 0.1) is 25.0 Å². The van der Waals surface area contributed by atoms with Crippen molar-refractivity contribution in [3.8, 4) is 11.1 Å². The van der Waals surface area contributed by atoms with Crippen LogP contribution in [0.5, 0.6) is 0 Å². The monoisotopic (exact) mass is 396 g/mol. The van der Waals surface area contributed by atoms with Crippen molar-refractivity contribution in [3.05, 3.63) is 42.2 Å². The molecule has 3 rings (SSSR count). The predicted molar refractivity (Wildman–Crippen MR) is 113 cm³/mol. The van der Waals surface area contributed by atoms with Crippen molar-refractivity contribution >= 4 is 17.6 Å². The zero-order valence-electron chi connectivity index (χ0n) is 16.7. The number of likely N-dealkylation sites (N-methyl/N-ethyl adjacent to an activating group) is 1. The highest BCUT2D eigenvalue weighted by Gasteiger charge is 2.17. The molecule has 0 spiro atoms. The van der Waals surface area contributed by atoms with Crippen LogP contribution in [0.25, 0.3) is 11.1 Å². The molecule has 0 aliphatic carbocycles. The number of aromatic nitrogens is 2. The minimum absolute atomic E-state index is 0.0180. The van der Waals surface area contributed by atoms with Gasteiger partial charge in [0.1, 0.15) is 5.78 Å². The molecule has 1 aliphatic rings. The van der Waals surface area contributed by atoms with E-state index in [0.29, 0.717) is 25.3 Å². The van der Waals surface area contributed by atoms with Crippen molar-refractivity contribution in [1.82, 2.24) is 14.9 Å². The van der Waals surface area contributed by atoms with Gasteiger partial charge in [-0.05, 0) is 24.6 Å². The minimum Gasteiger partial charge on any atom is -0.387 e. The largest absolute Gasteiger partial charge is 0.387 e. The average Bonchev–Trinajstić information content (AvgIpc) is 2.71. The lowest BCUT2D eigenvalue weighted by Gasteiger charge is -2.30. The number of aryl methyl sites for hydroxylation is 1. The number of carbonyl (C=O) groups excluding carboxylic acids is 1. The molecule has 1 fully saturated rings. The minimum atomic E-state index is -0.0864. The van der Waals surface area contributed by atoms with Crippen LogP contribution in [-0.4, -0.2) is 65.9 Å². The first-order chi connectivity index (χ1) is 14.0. The Kier molecular flexibility index (Phi) is 7.26. The van der Waals surface area contributed by atoms with E-state index in [9.17, 15) is 4.79 Å². The molecule has 0 bridgehead atoms. The van der Waals surface area contributed by atoms with E-state index >= 15 is 0 Å². The lowest BCUT2D eigenvalue weighted by molar-refractivity contribution is -0.117. The molecular weight excluding hydrogens is 368 g/mol. The van der Waals surface area contributed by atoms with Gasteiger partial charge in [-0.3, -0.25) is 10.2 Å². The standard InChI is InChI=1S/C21H28N6O2/c1-27-7-8-29-19(14-27)13-26-21-24-11-17(12-25-21)16-4-2-3-15(9-16)5-6-18(28)10-20(22)23/h2-4,9,11-12,19H,5-8,10,13-14H2,1H3,(H3,22,23)(H,24,25,26). The fourth-order valence-corrected chi connectivity index (χ4v) is 3.25. The van der Waals surface area contributed by atoms with E-state index in [0.717, 1.165) is 36.4 Å². The van der Waals surface area contributed by atoms with E-state index in [1.165, 1.54) is 0 Å². The van der Waals surface area contributed by atoms with Gasteiger partial charge in [0, 0.05) is 44.0 Å². The highest BCUT2D eigenvalue weighted by Crippen LogP contribution is 2.20. The summed E-state index contributed by atoms with van der Waals surface area (Å²) in [5.41, 5.74) is 8.26. The molecule has 1 aliphatic heterocycles.